The Labute approximate surface area is 117 Å². The number of rotatable bonds is 3. The molecule has 1 amide bonds. The van der Waals surface area contributed by atoms with Crippen LogP contribution in [0.1, 0.15) is 47.7 Å². The van der Waals surface area contributed by atoms with Crippen LogP contribution in [0.25, 0.3) is 0 Å². The fourth-order valence-electron chi connectivity index (χ4n) is 2.29. The van der Waals surface area contributed by atoms with Crippen molar-refractivity contribution in [3.63, 3.8) is 0 Å². The first kappa shape index (κ1) is 14.5. The van der Waals surface area contributed by atoms with E-state index in [0.717, 1.165) is 12.8 Å². The molecule has 1 aliphatic rings. The molecule has 2 rings (SSSR count). The molecule has 6 nitrogen and oxygen atoms in total. The Hall–Kier alpha value is -1.95. The van der Waals surface area contributed by atoms with Gasteiger partial charge in [-0.2, -0.15) is 0 Å². The second kappa shape index (κ2) is 5.58. The molecule has 0 saturated carbocycles. The van der Waals surface area contributed by atoms with Crippen molar-refractivity contribution in [2.24, 2.45) is 0 Å². The van der Waals surface area contributed by atoms with Crippen LogP contribution in [0, 0.1) is 0 Å². The van der Waals surface area contributed by atoms with E-state index in [1.54, 1.807) is 0 Å². The van der Waals surface area contributed by atoms with Crippen molar-refractivity contribution < 1.29 is 19.4 Å². The quantitative estimate of drug-likeness (QED) is 0.874. The number of aromatic carboxylic acids is 1. The van der Waals surface area contributed by atoms with Gasteiger partial charge in [-0.15, -0.1) is 0 Å². The van der Waals surface area contributed by atoms with E-state index in [1.165, 1.54) is 18.2 Å². The fraction of sp³-hybridized carbons (Fsp3) is 0.500. The van der Waals surface area contributed by atoms with Crippen molar-refractivity contribution >= 4 is 11.9 Å². The monoisotopic (exact) mass is 278 g/mol. The molecule has 20 heavy (non-hydrogen) atoms. The zero-order valence-electron chi connectivity index (χ0n) is 11.5. The van der Waals surface area contributed by atoms with Crippen LogP contribution in [-0.2, 0) is 4.74 Å². The van der Waals surface area contributed by atoms with Crippen LogP contribution in [-0.4, -0.2) is 40.2 Å². The summed E-state index contributed by atoms with van der Waals surface area (Å²) in [6, 6.07) is 4.39. The molecule has 1 atom stereocenters. The Balaban J connectivity index is 2.05. The number of carboxylic acids is 1. The smallest absolute Gasteiger partial charge is 0.354 e. The van der Waals surface area contributed by atoms with Gasteiger partial charge in [0, 0.05) is 12.6 Å². The van der Waals surface area contributed by atoms with Gasteiger partial charge in [-0.05, 0) is 38.8 Å². The summed E-state index contributed by atoms with van der Waals surface area (Å²) in [7, 11) is 0. The number of nitrogens with one attached hydrogen (secondary N) is 1. The third-order valence-electron chi connectivity index (χ3n) is 3.23. The van der Waals surface area contributed by atoms with Gasteiger partial charge < -0.3 is 15.2 Å². The lowest BCUT2D eigenvalue weighted by Gasteiger charge is -2.35. The third kappa shape index (κ3) is 3.54. The van der Waals surface area contributed by atoms with E-state index in [-0.39, 0.29) is 28.9 Å². The highest BCUT2D eigenvalue weighted by molar-refractivity contribution is 5.94. The van der Waals surface area contributed by atoms with E-state index in [0.29, 0.717) is 6.61 Å². The van der Waals surface area contributed by atoms with Crippen molar-refractivity contribution in [3.05, 3.63) is 29.6 Å². The minimum atomic E-state index is -1.15. The molecule has 0 aromatic carbocycles. The number of aromatic nitrogens is 1. The number of nitrogens with zero attached hydrogens (tertiary/aromatic N) is 1. The molecule has 1 fully saturated rings. The van der Waals surface area contributed by atoms with Gasteiger partial charge in [0.25, 0.3) is 5.91 Å². The van der Waals surface area contributed by atoms with Crippen molar-refractivity contribution in [1.29, 1.82) is 0 Å². The summed E-state index contributed by atoms with van der Waals surface area (Å²) in [4.78, 5) is 26.8. The Morgan fingerprint density at radius 3 is 2.75 bits per heavy atom. The second-order valence-corrected chi connectivity index (χ2v) is 5.48. The molecule has 2 N–H and O–H groups in total. The minimum Gasteiger partial charge on any atom is -0.477 e. The number of ether oxygens (including phenoxy) is 1. The number of carbonyl (C=O) groups excluding carboxylic acids is 1. The molecule has 1 unspecified atom stereocenters. The minimum absolute atomic E-state index is 0.0153. The van der Waals surface area contributed by atoms with E-state index in [4.69, 9.17) is 9.84 Å². The molecule has 1 aliphatic heterocycles. The van der Waals surface area contributed by atoms with Crippen molar-refractivity contribution in [2.45, 2.75) is 38.3 Å². The number of hydrogen-bond donors (Lipinski definition) is 2. The van der Waals surface area contributed by atoms with Gasteiger partial charge in [-0.1, -0.05) is 6.07 Å². The van der Waals surface area contributed by atoms with Crippen LogP contribution < -0.4 is 5.32 Å². The van der Waals surface area contributed by atoms with Gasteiger partial charge >= 0.3 is 5.97 Å². The summed E-state index contributed by atoms with van der Waals surface area (Å²) in [6.07, 6.45) is 1.46. The Kier molecular flexibility index (Phi) is 4.04. The van der Waals surface area contributed by atoms with Crippen LogP contribution in [0.2, 0.25) is 0 Å². The number of carbonyl (C=O) groups is 2. The molecule has 0 bridgehead atoms. The standard InChI is InChI=1S/C14H18N2O4/c1-14(2)8-9(6-7-20-14)15-12(17)10-4-3-5-11(16-10)13(18)19/h3-5,9H,6-8H2,1-2H3,(H,15,17)(H,18,19). The highest BCUT2D eigenvalue weighted by atomic mass is 16.5. The van der Waals surface area contributed by atoms with Crippen LogP contribution in [0.3, 0.4) is 0 Å². The number of pyridine rings is 1. The molecule has 1 aromatic heterocycles. The molecule has 108 valence electrons. The number of carboxylic acid groups (broad SMARTS) is 1. The molecule has 1 saturated heterocycles. The van der Waals surface area contributed by atoms with E-state index in [1.807, 2.05) is 13.8 Å². The maximum Gasteiger partial charge on any atom is 0.354 e. The molecule has 0 spiro atoms. The first-order valence-corrected chi connectivity index (χ1v) is 6.52. The van der Waals surface area contributed by atoms with Crippen molar-refractivity contribution in [3.8, 4) is 0 Å². The van der Waals surface area contributed by atoms with E-state index < -0.39 is 5.97 Å². The van der Waals surface area contributed by atoms with Gasteiger partial charge in [0.05, 0.1) is 5.60 Å². The molecule has 2 heterocycles. The lowest BCUT2D eigenvalue weighted by molar-refractivity contribution is -0.0615. The predicted molar refractivity (Wildman–Crippen MR) is 71.7 cm³/mol. The fourth-order valence-corrected chi connectivity index (χ4v) is 2.29. The molecule has 1 aromatic rings. The van der Waals surface area contributed by atoms with Crippen LogP contribution in [0.5, 0.6) is 0 Å². The average Bonchev–Trinajstić information content (AvgIpc) is 2.37. The molecular weight excluding hydrogens is 260 g/mol. The van der Waals surface area contributed by atoms with E-state index in [9.17, 15) is 9.59 Å². The van der Waals surface area contributed by atoms with Crippen LogP contribution in [0.4, 0.5) is 0 Å². The first-order valence-electron chi connectivity index (χ1n) is 6.52. The van der Waals surface area contributed by atoms with Gasteiger partial charge in [-0.25, -0.2) is 9.78 Å². The van der Waals surface area contributed by atoms with E-state index >= 15 is 0 Å². The van der Waals surface area contributed by atoms with Gasteiger partial charge in [0.1, 0.15) is 11.4 Å². The number of amides is 1. The summed E-state index contributed by atoms with van der Waals surface area (Å²) >= 11 is 0. The summed E-state index contributed by atoms with van der Waals surface area (Å²) in [5.74, 6) is -1.50. The van der Waals surface area contributed by atoms with E-state index in [2.05, 4.69) is 10.3 Å². The van der Waals surface area contributed by atoms with Crippen molar-refractivity contribution in [1.82, 2.24) is 10.3 Å². The summed E-state index contributed by atoms with van der Waals surface area (Å²) in [6.45, 7) is 4.56. The Bertz CT molecular complexity index is 528. The normalized spacial score (nSPS) is 21.2. The molecule has 0 radical (unpaired) electrons. The van der Waals surface area contributed by atoms with Crippen molar-refractivity contribution in [2.75, 3.05) is 6.61 Å². The highest BCUT2D eigenvalue weighted by Gasteiger charge is 2.30. The average molecular weight is 278 g/mol. The first-order chi connectivity index (χ1) is 9.37. The molecule has 6 heteroatoms. The van der Waals surface area contributed by atoms with Gasteiger partial charge in [0.2, 0.25) is 0 Å². The third-order valence-corrected chi connectivity index (χ3v) is 3.23. The second-order valence-electron chi connectivity index (χ2n) is 5.48. The summed E-state index contributed by atoms with van der Waals surface area (Å²) in [5.41, 5.74) is -0.272. The van der Waals surface area contributed by atoms with Gasteiger partial charge in [0.15, 0.2) is 0 Å². The predicted octanol–water partition coefficient (Wildman–Crippen LogP) is 1.47. The number of hydrogen-bond acceptors (Lipinski definition) is 4. The maximum absolute atomic E-state index is 12.1. The lowest BCUT2D eigenvalue weighted by atomic mass is 9.94. The Morgan fingerprint density at radius 2 is 2.10 bits per heavy atom. The lowest BCUT2D eigenvalue weighted by Crippen LogP contribution is -2.46. The zero-order chi connectivity index (χ0) is 14.8. The largest absolute Gasteiger partial charge is 0.477 e. The zero-order valence-corrected chi connectivity index (χ0v) is 11.5. The SMILES string of the molecule is CC1(C)CC(NC(=O)c2cccc(C(=O)O)n2)CCO1. The summed E-state index contributed by atoms with van der Waals surface area (Å²) in [5, 5.41) is 11.8. The topological polar surface area (TPSA) is 88.5 Å². The molecular formula is C14H18N2O4. The maximum atomic E-state index is 12.1. The van der Waals surface area contributed by atoms with Crippen LogP contribution in [0.15, 0.2) is 18.2 Å². The summed E-state index contributed by atoms with van der Waals surface area (Å²) < 4.78 is 5.59. The Morgan fingerprint density at radius 1 is 1.40 bits per heavy atom. The van der Waals surface area contributed by atoms with Crippen LogP contribution >= 0.6 is 0 Å². The van der Waals surface area contributed by atoms with Gasteiger partial charge in [-0.3, -0.25) is 4.79 Å². The molecule has 0 aliphatic carbocycles. The highest BCUT2D eigenvalue weighted by Crippen LogP contribution is 2.24.